The van der Waals surface area contributed by atoms with Crippen LogP contribution in [-0.2, 0) is 21.0 Å². The first-order chi connectivity index (χ1) is 12.6. The maximum absolute atomic E-state index is 13.8. The summed E-state index contributed by atoms with van der Waals surface area (Å²) in [5.74, 6) is -3.38. The summed E-state index contributed by atoms with van der Waals surface area (Å²) >= 11 is -0.948. The second-order valence-electron chi connectivity index (χ2n) is 5.01. The third-order valence-corrected chi connectivity index (χ3v) is 4.72. The number of halogens is 2. The van der Waals surface area contributed by atoms with Gasteiger partial charge in [-0.1, -0.05) is 11.8 Å². The fourth-order valence-electron chi connectivity index (χ4n) is 1.26. The molecule has 5 N–H and O–H groups in total. The molecule has 0 radical (unpaired) electrons. The molecule has 0 heterocycles. The van der Waals surface area contributed by atoms with Crippen LogP contribution in [0.4, 0.5) is 8.78 Å². The molecule has 8 nitrogen and oxygen atoms in total. The average Bonchev–Trinajstić information content (AvgIpc) is 2.58. The van der Waals surface area contributed by atoms with Gasteiger partial charge in [-0.25, -0.2) is 13.6 Å². The zero-order valence-electron chi connectivity index (χ0n) is 14.9. The summed E-state index contributed by atoms with van der Waals surface area (Å²) in [6.07, 6.45) is 2.38. The molecule has 0 aliphatic carbocycles. The van der Waals surface area contributed by atoms with E-state index in [1.54, 1.807) is 6.92 Å². The van der Waals surface area contributed by atoms with Gasteiger partial charge in [0.25, 0.3) is 0 Å². The summed E-state index contributed by atoms with van der Waals surface area (Å²) in [7, 11) is 0. The Labute approximate surface area is 163 Å². The zero-order chi connectivity index (χ0) is 21.0. The molecule has 27 heavy (non-hydrogen) atoms. The van der Waals surface area contributed by atoms with Crippen molar-refractivity contribution in [2.75, 3.05) is 6.54 Å². The van der Waals surface area contributed by atoms with Crippen LogP contribution >= 0.6 is 11.8 Å². The van der Waals surface area contributed by atoms with Gasteiger partial charge in [-0.05, 0) is 20.8 Å². The van der Waals surface area contributed by atoms with Crippen molar-refractivity contribution in [3.05, 3.63) is 34.9 Å². The van der Waals surface area contributed by atoms with Crippen molar-refractivity contribution in [1.29, 1.82) is 0 Å². The Bertz CT molecular complexity index is 637. The van der Waals surface area contributed by atoms with Crippen LogP contribution in [0, 0.1) is 0 Å². The van der Waals surface area contributed by atoms with E-state index >= 15 is 0 Å². The summed E-state index contributed by atoms with van der Waals surface area (Å²) in [6.45, 7) is 3.76. The van der Waals surface area contributed by atoms with Gasteiger partial charge in [0, 0.05) is 18.4 Å². The third-order valence-electron chi connectivity index (χ3n) is 2.57. The largest absolute Gasteiger partial charge is 0.593 e. The minimum absolute atomic E-state index is 0.214. The predicted octanol–water partition coefficient (Wildman–Crippen LogP) is 1.46. The normalized spacial score (nSPS) is 16.9. The molecule has 0 aliphatic heterocycles. The average molecular weight is 424 g/mol. The van der Waals surface area contributed by atoms with Crippen LogP contribution in [0.5, 0.6) is 0 Å². The van der Waals surface area contributed by atoms with Gasteiger partial charge < -0.3 is 20.7 Å². The van der Waals surface area contributed by atoms with Crippen molar-refractivity contribution in [1.82, 2.24) is 10.0 Å². The monoisotopic (exact) mass is 424 g/mol. The Morgan fingerprint density at radius 1 is 1.37 bits per heavy atom. The predicted molar refractivity (Wildman–Crippen MR) is 103 cm³/mol. The molecule has 12 heteroatoms. The fraction of sp³-hybridized carbons (Fsp3) is 0.400. The van der Waals surface area contributed by atoms with E-state index in [0.717, 1.165) is 30.8 Å². The Balaban J connectivity index is 5.04. The van der Waals surface area contributed by atoms with Gasteiger partial charge in [0.05, 0.1) is 23.5 Å². The first-order valence-corrected chi connectivity index (χ1v) is 9.64. The Hall–Kier alpha value is -1.73. The smallest absolute Gasteiger partial charge is 0.328 e. The standard InChI is InChI=1S/C15H22F2N4O4S2/c1-9(16)4-13(5-12(17)7-19-14(22)6-18)27(25)21-11(3)26-8-20-10(2)15(23)24/h4-5,7-8,10-11,21H,6,18H2,1-3H3,(H,19,22)(H,23,24)/b9-4+,12-7-,13-5+,20-8-. The zero-order valence-corrected chi connectivity index (χ0v) is 16.6. The summed E-state index contributed by atoms with van der Waals surface area (Å²) in [5.41, 5.74) is 6.35. The molecule has 0 fully saturated rings. The number of carboxylic acid groups (broad SMARTS) is 1. The summed E-state index contributed by atoms with van der Waals surface area (Å²) in [6, 6.07) is -0.925. The second kappa shape index (κ2) is 13.4. The van der Waals surface area contributed by atoms with E-state index in [9.17, 15) is 22.9 Å². The molecule has 3 atom stereocenters. The highest BCUT2D eigenvalue weighted by molar-refractivity contribution is 8.13. The van der Waals surface area contributed by atoms with E-state index in [2.05, 4.69) is 15.0 Å². The van der Waals surface area contributed by atoms with E-state index in [1.165, 1.54) is 12.5 Å². The van der Waals surface area contributed by atoms with Crippen molar-refractivity contribution >= 4 is 40.5 Å². The molecule has 0 spiro atoms. The van der Waals surface area contributed by atoms with Gasteiger partial charge in [0.1, 0.15) is 23.1 Å². The van der Waals surface area contributed by atoms with Crippen LogP contribution in [0.15, 0.2) is 39.9 Å². The van der Waals surface area contributed by atoms with Gasteiger partial charge in [-0.3, -0.25) is 9.79 Å². The van der Waals surface area contributed by atoms with Gasteiger partial charge in [0.15, 0.2) is 4.91 Å². The molecule has 3 unspecified atom stereocenters. The van der Waals surface area contributed by atoms with Crippen LogP contribution in [0.2, 0.25) is 0 Å². The summed E-state index contributed by atoms with van der Waals surface area (Å²) < 4.78 is 41.9. The van der Waals surface area contributed by atoms with Crippen LogP contribution in [0.1, 0.15) is 20.8 Å². The Kier molecular flexibility index (Phi) is 12.6. The number of amides is 1. The van der Waals surface area contributed by atoms with Crippen molar-refractivity contribution < 1.29 is 28.0 Å². The number of aliphatic imine (C=N–C) groups is 1. The van der Waals surface area contributed by atoms with Crippen molar-refractivity contribution in [3.8, 4) is 0 Å². The lowest BCUT2D eigenvalue weighted by atomic mass is 10.4. The fourth-order valence-corrected chi connectivity index (χ4v) is 3.11. The number of nitrogens with zero attached hydrogens (tertiary/aromatic N) is 1. The minimum atomic E-state index is -1.99. The molecular weight excluding hydrogens is 402 g/mol. The third kappa shape index (κ3) is 12.3. The SMILES string of the molecule is C\C(F)=C/C(=C\C(F)=C\NC(=O)CN)[S+]([O-])NC(C)S/C=N\C(C)C(=O)O. The molecule has 0 aliphatic rings. The number of nitrogens with one attached hydrogen (secondary N) is 2. The number of aliphatic carboxylic acids is 1. The highest BCUT2D eigenvalue weighted by Crippen LogP contribution is 2.17. The second-order valence-corrected chi connectivity index (χ2v) is 7.45. The van der Waals surface area contributed by atoms with Crippen molar-refractivity contribution in [2.45, 2.75) is 32.2 Å². The van der Waals surface area contributed by atoms with E-state index < -0.39 is 46.3 Å². The first-order valence-electron chi connectivity index (χ1n) is 7.55. The van der Waals surface area contributed by atoms with Gasteiger partial charge in [0.2, 0.25) is 5.91 Å². The first kappa shape index (κ1) is 25.3. The van der Waals surface area contributed by atoms with Gasteiger partial charge in [-0.2, -0.15) is 0 Å². The number of carboxylic acids is 1. The summed E-state index contributed by atoms with van der Waals surface area (Å²) in [4.78, 5) is 25.2. The lowest BCUT2D eigenvalue weighted by Crippen LogP contribution is -2.31. The highest BCUT2D eigenvalue weighted by atomic mass is 32.2. The number of carbonyl (C=O) groups excluding carboxylic acids is 1. The van der Waals surface area contributed by atoms with Crippen LogP contribution in [0.3, 0.4) is 0 Å². The minimum Gasteiger partial charge on any atom is -0.593 e. The molecule has 0 saturated carbocycles. The number of hydrogen-bond donors (Lipinski definition) is 4. The molecule has 0 aromatic heterocycles. The molecule has 0 aromatic rings. The Morgan fingerprint density at radius 3 is 2.52 bits per heavy atom. The van der Waals surface area contributed by atoms with Crippen LogP contribution in [0.25, 0.3) is 0 Å². The quantitative estimate of drug-likeness (QED) is 0.129. The molecule has 152 valence electrons. The molecule has 0 saturated heterocycles. The Morgan fingerprint density at radius 2 is 2.00 bits per heavy atom. The van der Waals surface area contributed by atoms with Gasteiger partial charge in [-0.15, -0.1) is 4.72 Å². The number of allylic oxidation sites excluding steroid dienone is 4. The topological polar surface area (TPSA) is 140 Å². The van der Waals surface area contributed by atoms with E-state index in [1.807, 2.05) is 0 Å². The van der Waals surface area contributed by atoms with Gasteiger partial charge >= 0.3 is 5.97 Å². The number of nitrogens with two attached hydrogens (primary N) is 1. The lowest BCUT2D eigenvalue weighted by Gasteiger charge is -2.15. The van der Waals surface area contributed by atoms with Crippen LogP contribution in [-0.4, -0.2) is 45.0 Å². The molecule has 1 amide bonds. The molecular formula is C15H22F2N4O4S2. The lowest BCUT2D eigenvalue weighted by molar-refractivity contribution is -0.138. The van der Waals surface area contributed by atoms with Crippen LogP contribution < -0.4 is 15.8 Å². The van der Waals surface area contributed by atoms with Crippen molar-refractivity contribution in [3.63, 3.8) is 0 Å². The van der Waals surface area contributed by atoms with E-state index in [0.29, 0.717) is 6.20 Å². The molecule has 0 rings (SSSR count). The van der Waals surface area contributed by atoms with Crippen molar-refractivity contribution in [2.24, 2.45) is 10.7 Å². The summed E-state index contributed by atoms with van der Waals surface area (Å²) in [5, 5.41) is 10.3. The number of carbonyl (C=O) groups is 2. The highest BCUT2D eigenvalue weighted by Gasteiger charge is 2.18. The molecule has 0 aromatic carbocycles. The van der Waals surface area contributed by atoms with E-state index in [4.69, 9.17) is 10.8 Å². The molecule has 0 bridgehead atoms. The number of thioether (sulfide) groups is 1. The maximum Gasteiger partial charge on any atom is 0.328 e. The van der Waals surface area contributed by atoms with E-state index in [-0.39, 0.29) is 11.4 Å². The number of hydrogen-bond acceptors (Lipinski definition) is 7. The number of rotatable bonds is 11. The maximum atomic E-state index is 13.8.